The maximum atomic E-state index is 12.6. The van der Waals surface area contributed by atoms with Gasteiger partial charge in [0.2, 0.25) is 11.8 Å². The topological polar surface area (TPSA) is 96.5 Å². The molecule has 138 valence electrons. The highest BCUT2D eigenvalue weighted by molar-refractivity contribution is 5.99. The minimum atomic E-state index is -0.708. The van der Waals surface area contributed by atoms with Crippen LogP contribution in [0.5, 0.6) is 0 Å². The Morgan fingerprint density at radius 1 is 1.12 bits per heavy atom. The molecule has 0 saturated heterocycles. The van der Waals surface area contributed by atoms with Crippen LogP contribution in [-0.4, -0.2) is 31.1 Å². The van der Waals surface area contributed by atoms with Crippen molar-refractivity contribution in [2.24, 2.45) is 5.92 Å². The molecule has 0 heterocycles. The molecule has 0 bridgehead atoms. The summed E-state index contributed by atoms with van der Waals surface area (Å²) in [5.74, 6) is -0.220. The molecule has 0 aromatic heterocycles. The summed E-state index contributed by atoms with van der Waals surface area (Å²) in [6.07, 6.45) is 0.198. The zero-order valence-corrected chi connectivity index (χ0v) is 15.4. The minimum Gasteiger partial charge on any atom is -0.453 e. The Kier molecular flexibility index (Phi) is 7.91. The van der Waals surface area contributed by atoms with Crippen molar-refractivity contribution < 1.29 is 19.1 Å². The van der Waals surface area contributed by atoms with Crippen molar-refractivity contribution in [3.63, 3.8) is 0 Å². The Labute approximate surface area is 148 Å². The summed E-state index contributed by atoms with van der Waals surface area (Å²) in [6.45, 7) is 7.51. The second kappa shape index (κ2) is 9.66. The third kappa shape index (κ3) is 6.45. The number of anilines is 2. The van der Waals surface area contributed by atoms with Crippen LogP contribution in [-0.2, 0) is 14.3 Å². The second-order valence-electron chi connectivity index (χ2n) is 6.19. The molecule has 1 rings (SSSR count). The van der Waals surface area contributed by atoms with Gasteiger partial charge < -0.3 is 20.7 Å². The molecule has 3 N–H and O–H groups in total. The fourth-order valence-electron chi connectivity index (χ4n) is 2.27. The maximum absolute atomic E-state index is 12.6. The summed E-state index contributed by atoms with van der Waals surface area (Å²) in [5.41, 5.74) is 1.98. The number of ether oxygens (including phenoxy) is 1. The summed E-state index contributed by atoms with van der Waals surface area (Å²) >= 11 is 0. The van der Waals surface area contributed by atoms with Gasteiger partial charge >= 0.3 is 6.09 Å². The van der Waals surface area contributed by atoms with Gasteiger partial charge in [-0.2, -0.15) is 0 Å². The van der Waals surface area contributed by atoms with E-state index in [2.05, 4.69) is 20.7 Å². The van der Waals surface area contributed by atoms with Crippen LogP contribution >= 0.6 is 0 Å². The molecule has 1 atom stereocenters. The number of benzene rings is 1. The second-order valence-corrected chi connectivity index (χ2v) is 6.19. The van der Waals surface area contributed by atoms with E-state index in [9.17, 15) is 14.4 Å². The number of rotatable bonds is 7. The Hall–Kier alpha value is -2.57. The third-order valence-electron chi connectivity index (χ3n) is 3.69. The van der Waals surface area contributed by atoms with Crippen LogP contribution in [0.25, 0.3) is 0 Å². The van der Waals surface area contributed by atoms with Crippen LogP contribution in [0.3, 0.4) is 0 Å². The smallest absolute Gasteiger partial charge is 0.407 e. The summed E-state index contributed by atoms with van der Waals surface area (Å²) in [5, 5.41) is 8.16. The van der Waals surface area contributed by atoms with Crippen molar-refractivity contribution in [1.29, 1.82) is 0 Å². The van der Waals surface area contributed by atoms with Gasteiger partial charge in [0, 0.05) is 17.8 Å². The molecular weight excluding hydrogens is 322 g/mol. The molecule has 25 heavy (non-hydrogen) atoms. The quantitative estimate of drug-likeness (QED) is 0.705. The Morgan fingerprint density at radius 3 is 2.24 bits per heavy atom. The molecule has 1 aromatic carbocycles. The Bertz CT molecular complexity index is 629. The van der Waals surface area contributed by atoms with Gasteiger partial charge in [-0.25, -0.2) is 4.79 Å². The van der Waals surface area contributed by atoms with Crippen LogP contribution in [0.15, 0.2) is 18.2 Å². The molecule has 0 aliphatic rings. The molecule has 0 fully saturated rings. The molecule has 0 aliphatic carbocycles. The minimum absolute atomic E-state index is 0.100. The zero-order chi connectivity index (χ0) is 19.0. The molecule has 7 heteroatoms. The van der Waals surface area contributed by atoms with Crippen LogP contribution in [0.4, 0.5) is 16.2 Å². The lowest BCUT2D eigenvalue weighted by Crippen LogP contribution is -2.44. The van der Waals surface area contributed by atoms with Crippen molar-refractivity contribution in [3.8, 4) is 0 Å². The average molecular weight is 349 g/mol. The lowest BCUT2D eigenvalue weighted by Gasteiger charge is -2.20. The Morgan fingerprint density at radius 2 is 1.72 bits per heavy atom. The first-order chi connectivity index (χ1) is 11.8. The van der Waals surface area contributed by atoms with E-state index in [1.54, 1.807) is 25.1 Å². The molecule has 0 radical (unpaired) electrons. The number of alkyl carbamates (subject to hydrolysis) is 1. The highest BCUT2D eigenvalue weighted by Crippen LogP contribution is 2.24. The number of amides is 3. The largest absolute Gasteiger partial charge is 0.453 e. The fourth-order valence-corrected chi connectivity index (χ4v) is 2.27. The van der Waals surface area contributed by atoms with Gasteiger partial charge in [0.15, 0.2) is 0 Å². The number of hydrogen-bond donors (Lipinski definition) is 3. The van der Waals surface area contributed by atoms with Gasteiger partial charge in [-0.05, 0) is 37.0 Å². The molecule has 7 nitrogen and oxygen atoms in total. The average Bonchev–Trinajstić information content (AvgIpc) is 2.56. The zero-order valence-electron chi connectivity index (χ0n) is 15.4. The fraction of sp³-hybridized carbons (Fsp3) is 0.500. The first-order valence-corrected chi connectivity index (χ1v) is 8.33. The standard InChI is InChI=1S/C18H27N3O4/c1-6-16(22)19-13-8-7-9-14(12(13)4)20-17(23)15(10-11(2)3)21-18(24)25-5/h7-9,11,15H,6,10H2,1-5H3,(H,19,22)(H,20,23)(H,21,24)/t15-/m0/s1. The van der Waals surface area contributed by atoms with Crippen molar-refractivity contribution >= 4 is 29.3 Å². The van der Waals surface area contributed by atoms with Gasteiger partial charge in [-0.15, -0.1) is 0 Å². The lowest BCUT2D eigenvalue weighted by molar-refractivity contribution is -0.118. The monoisotopic (exact) mass is 349 g/mol. The normalized spacial score (nSPS) is 11.6. The van der Waals surface area contributed by atoms with E-state index in [1.165, 1.54) is 7.11 Å². The van der Waals surface area contributed by atoms with Crippen molar-refractivity contribution in [2.45, 2.75) is 46.6 Å². The highest BCUT2D eigenvalue weighted by atomic mass is 16.5. The van der Waals surface area contributed by atoms with Gasteiger partial charge in [0.25, 0.3) is 0 Å². The Balaban J connectivity index is 2.93. The number of carbonyl (C=O) groups excluding carboxylic acids is 3. The SMILES string of the molecule is CCC(=O)Nc1cccc(NC(=O)[C@H](CC(C)C)NC(=O)OC)c1C. The molecule has 0 saturated carbocycles. The van der Waals surface area contributed by atoms with E-state index in [-0.39, 0.29) is 17.7 Å². The van der Waals surface area contributed by atoms with E-state index in [0.717, 1.165) is 5.56 Å². The van der Waals surface area contributed by atoms with Gasteiger partial charge in [0.1, 0.15) is 6.04 Å². The van der Waals surface area contributed by atoms with E-state index in [4.69, 9.17) is 0 Å². The maximum Gasteiger partial charge on any atom is 0.407 e. The molecule has 0 unspecified atom stereocenters. The van der Waals surface area contributed by atoms with Gasteiger partial charge in [-0.3, -0.25) is 9.59 Å². The van der Waals surface area contributed by atoms with Crippen LogP contribution in [0, 0.1) is 12.8 Å². The number of methoxy groups -OCH3 is 1. The lowest BCUT2D eigenvalue weighted by atomic mass is 10.0. The van der Waals surface area contributed by atoms with Crippen LogP contribution in [0.2, 0.25) is 0 Å². The highest BCUT2D eigenvalue weighted by Gasteiger charge is 2.23. The van der Waals surface area contributed by atoms with Gasteiger partial charge in [-0.1, -0.05) is 26.8 Å². The summed E-state index contributed by atoms with van der Waals surface area (Å²) in [6, 6.07) is 4.57. The summed E-state index contributed by atoms with van der Waals surface area (Å²) < 4.78 is 4.58. The number of nitrogens with one attached hydrogen (secondary N) is 3. The summed E-state index contributed by atoms with van der Waals surface area (Å²) in [7, 11) is 1.25. The third-order valence-corrected chi connectivity index (χ3v) is 3.69. The van der Waals surface area contributed by atoms with E-state index in [1.807, 2.05) is 20.8 Å². The van der Waals surface area contributed by atoms with Crippen molar-refractivity contribution in [1.82, 2.24) is 5.32 Å². The van der Waals surface area contributed by atoms with E-state index < -0.39 is 12.1 Å². The molecule has 3 amide bonds. The predicted molar refractivity (Wildman–Crippen MR) is 97.5 cm³/mol. The first-order valence-electron chi connectivity index (χ1n) is 8.33. The molecule has 1 aromatic rings. The van der Waals surface area contributed by atoms with Crippen LogP contribution in [0.1, 0.15) is 39.2 Å². The van der Waals surface area contributed by atoms with Gasteiger partial charge in [0.05, 0.1) is 7.11 Å². The predicted octanol–water partition coefficient (Wildman–Crippen LogP) is 3.05. The van der Waals surface area contributed by atoms with Crippen molar-refractivity contribution in [3.05, 3.63) is 23.8 Å². The summed E-state index contributed by atoms with van der Waals surface area (Å²) in [4.78, 5) is 35.6. The first kappa shape index (κ1) is 20.5. The number of carbonyl (C=O) groups is 3. The van der Waals surface area contributed by atoms with E-state index >= 15 is 0 Å². The van der Waals surface area contributed by atoms with Crippen molar-refractivity contribution in [2.75, 3.05) is 17.7 Å². The number of hydrogen-bond acceptors (Lipinski definition) is 4. The molecular formula is C18H27N3O4. The van der Waals surface area contributed by atoms with Crippen LogP contribution < -0.4 is 16.0 Å². The molecule has 0 spiro atoms. The van der Waals surface area contributed by atoms with E-state index in [0.29, 0.717) is 24.2 Å². The molecule has 0 aliphatic heterocycles.